The average molecular weight is 403 g/mol. The van der Waals surface area contributed by atoms with Crippen molar-refractivity contribution < 1.29 is 24.4 Å². The highest BCUT2D eigenvalue weighted by atomic mass is 79.9. The van der Waals surface area contributed by atoms with E-state index >= 15 is 0 Å². The van der Waals surface area contributed by atoms with Crippen molar-refractivity contribution in [2.24, 2.45) is 0 Å². The first kappa shape index (κ1) is 17.4. The summed E-state index contributed by atoms with van der Waals surface area (Å²) in [6.45, 7) is 0.361. The Labute approximate surface area is 143 Å². The number of hydrogen-bond donors (Lipinski definition) is 1. The molecule has 1 aromatic rings. The molecule has 8 nitrogen and oxygen atoms in total. The predicted octanol–water partition coefficient (Wildman–Crippen LogP) is 2.75. The summed E-state index contributed by atoms with van der Waals surface area (Å²) in [5, 5.41) is 20.1. The van der Waals surface area contributed by atoms with Gasteiger partial charge in [0.05, 0.1) is 27.5 Å². The zero-order chi connectivity index (χ0) is 17.1. The SMILES string of the molecule is COCCN1C(=O)S/C(=C/c2cc(Br)c(O)c([N+](=O)[O-])c2)C1=O. The molecule has 0 saturated carbocycles. The lowest BCUT2D eigenvalue weighted by molar-refractivity contribution is -0.386. The molecule has 0 aliphatic carbocycles. The number of ether oxygens (including phenoxy) is 1. The van der Waals surface area contributed by atoms with Gasteiger partial charge in [-0.3, -0.25) is 24.6 Å². The number of phenols is 1. The number of hydrogen-bond acceptors (Lipinski definition) is 7. The van der Waals surface area contributed by atoms with Crippen LogP contribution >= 0.6 is 27.7 Å². The monoisotopic (exact) mass is 402 g/mol. The van der Waals surface area contributed by atoms with E-state index in [9.17, 15) is 24.8 Å². The van der Waals surface area contributed by atoms with Crippen molar-refractivity contribution >= 4 is 50.6 Å². The molecule has 0 aromatic heterocycles. The number of phenolic OH excluding ortho intramolecular Hbond substituents is 1. The van der Waals surface area contributed by atoms with Gasteiger partial charge in [0.15, 0.2) is 0 Å². The molecule has 122 valence electrons. The number of imide groups is 1. The minimum Gasteiger partial charge on any atom is -0.501 e. The maximum Gasteiger partial charge on any atom is 0.312 e. The second-order valence-electron chi connectivity index (χ2n) is 4.45. The van der Waals surface area contributed by atoms with Gasteiger partial charge in [-0.25, -0.2) is 0 Å². The smallest absolute Gasteiger partial charge is 0.312 e. The molecule has 1 aliphatic rings. The highest BCUT2D eigenvalue weighted by Gasteiger charge is 2.34. The van der Waals surface area contributed by atoms with Crippen LogP contribution in [0.4, 0.5) is 10.5 Å². The Bertz CT molecular complexity index is 721. The van der Waals surface area contributed by atoms with Crippen LogP contribution in [0, 0.1) is 10.1 Å². The van der Waals surface area contributed by atoms with Crippen LogP contribution in [0.15, 0.2) is 21.5 Å². The first-order valence-corrected chi connectivity index (χ1v) is 7.87. The van der Waals surface area contributed by atoms with Gasteiger partial charge in [0.1, 0.15) is 0 Å². The number of aromatic hydroxyl groups is 1. The number of carbonyl (C=O) groups is 2. The zero-order valence-corrected chi connectivity index (χ0v) is 14.2. The third kappa shape index (κ3) is 3.71. The first-order chi connectivity index (χ1) is 10.8. The van der Waals surface area contributed by atoms with Gasteiger partial charge in [-0.05, 0) is 45.4 Å². The van der Waals surface area contributed by atoms with Crippen molar-refractivity contribution in [2.75, 3.05) is 20.3 Å². The summed E-state index contributed by atoms with van der Waals surface area (Å²) in [5.74, 6) is -0.982. The van der Waals surface area contributed by atoms with Crippen LogP contribution in [0.25, 0.3) is 6.08 Å². The number of carbonyl (C=O) groups excluding carboxylic acids is 2. The summed E-state index contributed by atoms with van der Waals surface area (Å²) in [7, 11) is 1.46. The molecule has 1 aromatic carbocycles. The van der Waals surface area contributed by atoms with Crippen LogP contribution < -0.4 is 0 Å². The fourth-order valence-corrected chi connectivity index (χ4v) is 3.19. The predicted molar refractivity (Wildman–Crippen MR) is 87.0 cm³/mol. The topological polar surface area (TPSA) is 110 Å². The molecular formula is C13H11BrN2O6S. The summed E-state index contributed by atoms with van der Waals surface area (Å²) in [6, 6.07) is 2.55. The van der Waals surface area contributed by atoms with Gasteiger partial charge in [-0.15, -0.1) is 0 Å². The molecule has 1 aliphatic heterocycles. The van der Waals surface area contributed by atoms with Crippen LogP contribution in [0.5, 0.6) is 5.75 Å². The number of nitrogens with zero attached hydrogens (tertiary/aromatic N) is 2. The Morgan fingerprint density at radius 2 is 2.17 bits per heavy atom. The minimum absolute atomic E-state index is 0.122. The summed E-state index contributed by atoms with van der Waals surface area (Å²) in [4.78, 5) is 35.3. The molecule has 1 N–H and O–H groups in total. The lowest BCUT2D eigenvalue weighted by atomic mass is 10.1. The van der Waals surface area contributed by atoms with Crippen molar-refractivity contribution in [3.63, 3.8) is 0 Å². The van der Waals surface area contributed by atoms with E-state index in [1.165, 1.54) is 19.3 Å². The Balaban J connectivity index is 2.34. The van der Waals surface area contributed by atoms with Crippen LogP contribution in [0.2, 0.25) is 0 Å². The molecule has 0 unspecified atom stereocenters. The molecule has 2 amide bonds. The highest BCUT2D eigenvalue weighted by molar-refractivity contribution is 9.10. The van der Waals surface area contributed by atoms with Crippen molar-refractivity contribution in [1.29, 1.82) is 0 Å². The molecule has 23 heavy (non-hydrogen) atoms. The largest absolute Gasteiger partial charge is 0.501 e. The number of nitro benzene ring substituents is 1. The number of halogens is 1. The first-order valence-electron chi connectivity index (χ1n) is 6.26. The molecule has 10 heteroatoms. The second kappa shape index (κ2) is 7.11. The number of nitro groups is 1. The van der Waals surface area contributed by atoms with Gasteiger partial charge < -0.3 is 9.84 Å². The fraction of sp³-hybridized carbons (Fsp3) is 0.231. The average Bonchev–Trinajstić information content (AvgIpc) is 2.74. The Morgan fingerprint density at radius 3 is 2.78 bits per heavy atom. The Hall–Kier alpha value is -1.91. The maximum absolute atomic E-state index is 12.2. The summed E-state index contributed by atoms with van der Waals surface area (Å²) in [6.07, 6.45) is 1.37. The van der Waals surface area contributed by atoms with Gasteiger partial charge >= 0.3 is 5.69 Å². The normalized spacial score (nSPS) is 16.4. The van der Waals surface area contributed by atoms with Crippen LogP contribution in [0.1, 0.15) is 5.56 Å². The number of methoxy groups -OCH3 is 1. The van der Waals surface area contributed by atoms with Crippen molar-refractivity contribution in [3.8, 4) is 5.75 Å². The van der Waals surface area contributed by atoms with E-state index in [0.717, 1.165) is 22.7 Å². The molecule has 0 atom stereocenters. The molecule has 1 fully saturated rings. The standard InChI is InChI=1S/C13H11BrN2O6S/c1-22-3-2-15-12(18)10(23-13(15)19)6-7-4-8(14)11(17)9(5-7)16(20)21/h4-6,17H,2-3H2,1H3/b10-6+. The van der Waals surface area contributed by atoms with E-state index in [1.807, 2.05) is 0 Å². The number of benzene rings is 1. The fourth-order valence-electron chi connectivity index (χ4n) is 1.85. The summed E-state index contributed by atoms with van der Waals surface area (Å²) in [5.41, 5.74) is -0.178. The Morgan fingerprint density at radius 1 is 1.48 bits per heavy atom. The van der Waals surface area contributed by atoms with Gasteiger partial charge in [0.25, 0.3) is 11.1 Å². The molecule has 1 saturated heterocycles. The third-order valence-corrected chi connectivity index (χ3v) is 4.46. The van der Waals surface area contributed by atoms with Crippen molar-refractivity contribution in [1.82, 2.24) is 4.90 Å². The van der Waals surface area contributed by atoms with Crippen molar-refractivity contribution in [2.45, 2.75) is 0 Å². The number of amides is 2. The number of rotatable bonds is 5. The molecular weight excluding hydrogens is 392 g/mol. The summed E-state index contributed by atoms with van der Waals surface area (Å²) >= 11 is 3.77. The van der Waals surface area contributed by atoms with E-state index < -0.39 is 27.5 Å². The number of thioether (sulfide) groups is 1. The van der Waals surface area contributed by atoms with Gasteiger partial charge in [-0.1, -0.05) is 0 Å². The van der Waals surface area contributed by atoms with Gasteiger partial charge in [-0.2, -0.15) is 0 Å². The van der Waals surface area contributed by atoms with Crippen LogP contribution in [0.3, 0.4) is 0 Å². The van der Waals surface area contributed by atoms with Crippen LogP contribution in [-0.4, -0.2) is 46.3 Å². The van der Waals surface area contributed by atoms with Gasteiger partial charge in [0.2, 0.25) is 5.75 Å². The van der Waals surface area contributed by atoms with E-state index in [1.54, 1.807) is 0 Å². The van der Waals surface area contributed by atoms with Crippen LogP contribution in [-0.2, 0) is 9.53 Å². The molecule has 0 bridgehead atoms. The minimum atomic E-state index is -0.734. The van der Waals surface area contributed by atoms with E-state index in [4.69, 9.17) is 4.74 Å². The molecule has 0 radical (unpaired) electrons. The molecule has 0 spiro atoms. The van der Waals surface area contributed by atoms with E-state index in [-0.39, 0.29) is 22.5 Å². The summed E-state index contributed by atoms with van der Waals surface area (Å²) < 4.78 is 4.96. The Kier molecular flexibility index (Phi) is 5.39. The van der Waals surface area contributed by atoms with Crippen molar-refractivity contribution in [3.05, 3.63) is 37.2 Å². The quantitative estimate of drug-likeness (QED) is 0.457. The van der Waals surface area contributed by atoms with Gasteiger partial charge in [0, 0.05) is 13.2 Å². The maximum atomic E-state index is 12.2. The zero-order valence-electron chi connectivity index (χ0n) is 11.8. The lowest BCUT2D eigenvalue weighted by Gasteiger charge is -2.10. The molecule has 2 rings (SSSR count). The molecule has 1 heterocycles. The highest BCUT2D eigenvalue weighted by Crippen LogP contribution is 2.37. The third-order valence-electron chi connectivity index (χ3n) is 2.95. The lowest BCUT2D eigenvalue weighted by Crippen LogP contribution is -2.31. The second-order valence-corrected chi connectivity index (χ2v) is 6.30. The van der Waals surface area contributed by atoms with E-state index in [2.05, 4.69) is 15.9 Å². The van der Waals surface area contributed by atoms with E-state index in [0.29, 0.717) is 5.56 Å².